The third kappa shape index (κ3) is 3.59. The van der Waals surface area contributed by atoms with Crippen molar-refractivity contribution in [1.82, 2.24) is 4.98 Å². The van der Waals surface area contributed by atoms with Gasteiger partial charge < -0.3 is 0 Å². The van der Waals surface area contributed by atoms with Crippen LogP contribution in [0.2, 0.25) is 0 Å². The van der Waals surface area contributed by atoms with E-state index in [0.29, 0.717) is 5.69 Å². The molecule has 0 aliphatic heterocycles. The van der Waals surface area contributed by atoms with Crippen molar-refractivity contribution >= 4 is 11.8 Å². The third-order valence-electron chi connectivity index (χ3n) is 2.80. The lowest BCUT2D eigenvalue weighted by atomic mass is 9.87. The molecule has 0 saturated carbocycles. The molecule has 0 aliphatic rings. The average Bonchev–Trinajstić information content (AvgIpc) is 2.38. The number of hydrogen-bond acceptors (Lipinski definition) is 3. The molecule has 1 heterocycles. The maximum absolute atomic E-state index is 8.83. The van der Waals surface area contributed by atoms with Crippen molar-refractivity contribution < 1.29 is 0 Å². The minimum absolute atomic E-state index is 0.174. The van der Waals surface area contributed by atoms with Crippen molar-refractivity contribution in [2.75, 3.05) is 0 Å². The molecule has 1 aromatic heterocycles. The number of rotatable bonds is 2. The predicted octanol–water partition coefficient (Wildman–Crippen LogP) is 4.40. The summed E-state index contributed by atoms with van der Waals surface area (Å²) < 4.78 is 0. The lowest BCUT2D eigenvalue weighted by Crippen LogP contribution is -2.10. The first-order chi connectivity index (χ1) is 8.99. The Bertz CT molecular complexity index is 604. The van der Waals surface area contributed by atoms with Crippen molar-refractivity contribution in [2.45, 2.75) is 36.0 Å². The molecule has 0 spiro atoms. The Morgan fingerprint density at radius 2 is 1.74 bits per heavy atom. The van der Waals surface area contributed by atoms with Gasteiger partial charge in [0.2, 0.25) is 0 Å². The van der Waals surface area contributed by atoms with Crippen LogP contribution in [0.5, 0.6) is 0 Å². The van der Waals surface area contributed by atoms with Crippen LogP contribution in [0.25, 0.3) is 0 Å². The van der Waals surface area contributed by atoms with Gasteiger partial charge in [0.1, 0.15) is 11.8 Å². The number of hydrogen-bond donors (Lipinski definition) is 0. The van der Waals surface area contributed by atoms with E-state index < -0.39 is 0 Å². The van der Waals surface area contributed by atoms with E-state index in [1.54, 1.807) is 18.0 Å². The Hall–Kier alpha value is -1.79. The largest absolute Gasteiger partial charge is 0.245 e. The van der Waals surface area contributed by atoms with Crippen LogP contribution >= 0.6 is 11.8 Å². The van der Waals surface area contributed by atoms with Crippen molar-refractivity contribution in [3.63, 3.8) is 0 Å². The number of pyridine rings is 1. The van der Waals surface area contributed by atoms with E-state index in [4.69, 9.17) is 5.26 Å². The highest BCUT2D eigenvalue weighted by atomic mass is 32.2. The van der Waals surface area contributed by atoms with Gasteiger partial charge in [-0.1, -0.05) is 44.7 Å². The molecule has 2 aromatic rings. The van der Waals surface area contributed by atoms with Crippen LogP contribution in [0.1, 0.15) is 32.0 Å². The molecule has 19 heavy (non-hydrogen) atoms. The van der Waals surface area contributed by atoms with Crippen LogP contribution in [-0.2, 0) is 5.41 Å². The highest BCUT2D eigenvalue weighted by Gasteiger charge is 2.12. The highest BCUT2D eigenvalue weighted by Crippen LogP contribution is 2.30. The molecule has 0 bridgehead atoms. The van der Waals surface area contributed by atoms with Crippen molar-refractivity contribution in [2.24, 2.45) is 0 Å². The smallest absolute Gasteiger partial charge is 0.141 e. The predicted molar refractivity (Wildman–Crippen MR) is 78.2 cm³/mol. The van der Waals surface area contributed by atoms with Crippen LogP contribution in [0.15, 0.2) is 52.4 Å². The molecule has 0 radical (unpaired) electrons. The third-order valence-corrected chi connectivity index (χ3v) is 3.80. The quantitative estimate of drug-likeness (QED) is 0.810. The molecule has 96 valence electrons. The highest BCUT2D eigenvalue weighted by molar-refractivity contribution is 7.99. The van der Waals surface area contributed by atoms with Crippen molar-refractivity contribution in [3.05, 3.63) is 53.9 Å². The summed E-state index contributed by atoms with van der Waals surface area (Å²) in [7, 11) is 0. The summed E-state index contributed by atoms with van der Waals surface area (Å²) in [5.41, 5.74) is 1.95. The van der Waals surface area contributed by atoms with Gasteiger partial charge in [0, 0.05) is 16.0 Å². The molecule has 3 heteroatoms. The molecule has 1 aromatic carbocycles. The first kappa shape index (κ1) is 13.6. The molecular weight excluding hydrogens is 252 g/mol. The van der Waals surface area contributed by atoms with E-state index in [2.05, 4.69) is 56.1 Å². The Morgan fingerprint density at radius 3 is 2.32 bits per heavy atom. The van der Waals surface area contributed by atoms with Gasteiger partial charge in [-0.05, 0) is 35.2 Å². The van der Waals surface area contributed by atoms with E-state index in [-0.39, 0.29) is 5.41 Å². The fourth-order valence-electron chi connectivity index (χ4n) is 1.69. The Kier molecular flexibility index (Phi) is 3.92. The molecule has 2 nitrogen and oxygen atoms in total. The van der Waals surface area contributed by atoms with Crippen LogP contribution < -0.4 is 0 Å². The van der Waals surface area contributed by atoms with Gasteiger partial charge in [-0.25, -0.2) is 4.98 Å². The second-order valence-electron chi connectivity index (χ2n) is 5.37. The topological polar surface area (TPSA) is 36.7 Å². The number of nitriles is 1. The molecule has 2 rings (SSSR count). The molecule has 0 aliphatic carbocycles. The standard InChI is InChI=1S/C16H16N2S/c1-16(2,3)12-4-6-14(7-5-12)19-15-8-9-18-13(10-15)11-17/h4-10H,1-3H3. The normalized spacial score (nSPS) is 11.1. The number of nitrogens with zero attached hydrogens (tertiary/aromatic N) is 2. The van der Waals surface area contributed by atoms with Gasteiger partial charge in [-0.2, -0.15) is 5.26 Å². The maximum atomic E-state index is 8.83. The van der Waals surface area contributed by atoms with E-state index in [1.807, 2.05) is 12.1 Å². The van der Waals surface area contributed by atoms with Crippen LogP contribution in [0, 0.1) is 11.3 Å². The Morgan fingerprint density at radius 1 is 1.05 bits per heavy atom. The van der Waals surface area contributed by atoms with Gasteiger partial charge >= 0.3 is 0 Å². The van der Waals surface area contributed by atoms with Crippen LogP contribution in [0.3, 0.4) is 0 Å². The van der Waals surface area contributed by atoms with E-state index >= 15 is 0 Å². The van der Waals surface area contributed by atoms with Gasteiger partial charge in [0.25, 0.3) is 0 Å². The summed E-state index contributed by atoms with van der Waals surface area (Å²) in [6, 6.07) is 14.4. The molecule has 0 N–H and O–H groups in total. The zero-order valence-corrected chi connectivity index (χ0v) is 12.2. The average molecular weight is 268 g/mol. The van der Waals surface area contributed by atoms with E-state index in [0.717, 1.165) is 4.90 Å². The summed E-state index contributed by atoms with van der Waals surface area (Å²) in [5, 5.41) is 8.83. The maximum Gasteiger partial charge on any atom is 0.141 e. The SMILES string of the molecule is CC(C)(C)c1ccc(Sc2ccnc(C#N)c2)cc1. The number of benzene rings is 1. The van der Waals surface area contributed by atoms with Gasteiger partial charge in [0.15, 0.2) is 0 Å². The fraction of sp³-hybridized carbons (Fsp3) is 0.250. The monoisotopic (exact) mass is 268 g/mol. The van der Waals surface area contributed by atoms with Crippen molar-refractivity contribution in [3.8, 4) is 6.07 Å². The fourth-order valence-corrected chi connectivity index (χ4v) is 2.54. The first-order valence-electron chi connectivity index (χ1n) is 6.13. The molecule has 0 saturated heterocycles. The molecule has 0 fully saturated rings. The summed E-state index contributed by atoms with van der Waals surface area (Å²) in [5.74, 6) is 0. The number of aromatic nitrogens is 1. The summed E-state index contributed by atoms with van der Waals surface area (Å²) >= 11 is 1.65. The Labute approximate surface area is 118 Å². The van der Waals surface area contributed by atoms with E-state index in [9.17, 15) is 0 Å². The zero-order valence-electron chi connectivity index (χ0n) is 11.3. The lowest BCUT2D eigenvalue weighted by molar-refractivity contribution is 0.590. The second kappa shape index (κ2) is 5.46. The lowest BCUT2D eigenvalue weighted by Gasteiger charge is -2.19. The van der Waals surface area contributed by atoms with E-state index in [1.165, 1.54) is 10.5 Å². The summed E-state index contributed by atoms with van der Waals surface area (Å²) in [6.07, 6.45) is 1.67. The van der Waals surface area contributed by atoms with Gasteiger partial charge in [-0.15, -0.1) is 0 Å². The molecular formula is C16H16N2S. The van der Waals surface area contributed by atoms with Gasteiger partial charge in [-0.3, -0.25) is 0 Å². The van der Waals surface area contributed by atoms with Crippen molar-refractivity contribution in [1.29, 1.82) is 5.26 Å². The zero-order chi connectivity index (χ0) is 13.9. The first-order valence-corrected chi connectivity index (χ1v) is 6.95. The molecule has 0 atom stereocenters. The Balaban J connectivity index is 2.18. The molecule has 0 unspecified atom stereocenters. The second-order valence-corrected chi connectivity index (χ2v) is 6.51. The summed E-state index contributed by atoms with van der Waals surface area (Å²) in [6.45, 7) is 6.62. The minimum Gasteiger partial charge on any atom is -0.245 e. The van der Waals surface area contributed by atoms with Crippen LogP contribution in [-0.4, -0.2) is 4.98 Å². The molecule has 0 amide bonds. The summed E-state index contributed by atoms with van der Waals surface area (Å²) in [4.78, 5) is 6.18. The minimum atomic E-state index is 0.174. The van der Waals surface area contributed by atoms with Gasteiger partial charge in [0.05, 0.1) is 0 Å². The van der Waals surface area contributed by atoms with Crippen LogP contribution in [0.4, 0.5) is 0 Å².